The summed E-state index contributed by atoms with van der Waals surface area (Å²) in [5, 5.41) is 7.56. The molecule has 3 aliphatic rings. The van der Waals surface area contributed by atoms with Crippen molar-refractivity contribution in [2.24, 2.45) is 24.3 Å². The van der Waals surface area contributed by atoms with Gasteiger partial charge in [-0.05, 0) is 44.6 Å². The Bertz CT molecular complexity index is 993. The number of furan rings is 1. The number of aromatic nitrogens is 2. The number of fused-ring (bicyclic) bond motifs is 1. The summed E-state index contributed by atoms with van der Waals surface area (Å²) in [6.45, 7) is 6.22. The molecule has 1 N–H and O–H groups in total. The number of nitrogens with one attached hydrogen (secondary N) is 1. The number of aryl methyl sites for hydroxylation is 2. The second kappa shape index (κ2) is 8.39. The van der Waals surface area contributed by atoms with Crippen LogP contribution >= 0.6 is 0 Å². The lowest BCUT2D eigenvalue weighted by atomic mass is 9.74. The molecular weight excluding hydrogens is 406 g/mol. The van der Waals surface area contributed by atoms with Crippen LogP contribution in [-0.2, 0) is 18.4 Å². The molecule has 0 spiro atoms. The first-order chi connectivity index (χ1) is 15.4. The van der Waals surface area contributed by atoms with Gasteiger partial charge in [0.15, 0.2) is 5.76 Å². The fourth-order valence-electron chi connectivity index (χ4n) is 5.50. The van der Waals surface area contributed by atoms with E-state index < -0.39 is 5.41 Å². The van der Waals surface area contributed by atoms with E-state index in [0.29, 0.717) is 24.8 Å². The summed E-state index contributed by atoms with van der Waals surface area (Å²) in [6, 6.07) is 1.83. The van der Waals surface area contributed by atoms with Crippen molar-refractivity contribution in [3.05, 3.63) is 41.6 Å². The Morgan fingerprint density at radius 3 is 2.84 bits per heavy atom. The Labute approximate surface area is 188 Å². The van der Waals surface area contributed by atoms with Gasteiger partial charge in [-0.3, -0.25) is 19.2 Å². The van der Waals surface area contributed by atoms with Crippen LogP contribution in [-0.4, -0.2) is 64.1 Å². The fraction of sp³-hybridized carbons (Fsp3) is 0.625. The van der Waals surface area contributed by atoms with Gasteiger partial charge in [-0.25, -0.2) is 0 Å². The van der Waals surface area contributed by atoms with Crippen LogP contribution in [0.4, 0.5) is 0 Å². The second-order valence-electron chi connectivity index (χ2n) is 9.99. The Morgan fingerprint density at radius 2 is 2.16 bits per heavy atom. The fourth-order valence-corrected chi connectivity index (χ4v) is 5.50. The van der Waals surface area contributed by atoms with Crippen LogP contribution in [0.1, 0.15) is 47.4 Å². The summed E-state index contributed by atoms with van der Waals surface area (Å²) in [6.07, 6.45) is 9.55. The van der Waals surface area contributed by atoms with Gasteiger partial charge in [0.25, 0.3) is 5.91 Å². The van der Waals surface area contributed by atoms with Gasteiger partial charge in [0, 0.05) is 69.6 Å². The van der Waals surface area contributed by atoms with Crippen LogP contribution in [0.15, 0.2) is 29.1 Å². The highest BCUT2D eigenvalue weighted by molar-refractivity contribution is 5.93. The van der Waals surface area contributed by atoms with Crippen molar-refractivity contribution < 1.29 is 14.0 Å². The lowest BCUT2D eigenvalue weighted by molar-refractivity contribution is -0.133. The number of rotatable bonds is 6. The van der Waals surface area contributed by atoms with Gasteiger partial charge in [-0.1, -0.05) is 0 Å². The molecule has 0 aromatic carbocycles. The quantitative estimate of drug-likeness (QED) is 0.746. The van der Waals surface area contributed by atoms with Crippen molar-refractivity contribution in [1.82, 2.24) is 24.9 Å². The first-order valence-corrected chi connectivity index (χ1v) is 11.8. The number of amides is 2. The van der Waals surface area contributed by atoms with Crippen LogP contribution in [0.25, 0.3) is 0 Å². The normalized spacial score (nSPS) is 26.1. The predicted molar refractivity (Wildman–Crippen MR) is 119 cm³/mol. The largest absolute Gasteiger partial charge is 0.459 e. The first-order valence-electron chi connectivity index (χ1n) is 11.8. The average molecular weight is 440 g/mol. The molecule has 3 fully saturated rings. The average Bonchev–Trinajstić information content (AvgIpc) is 3.28. The topological polar surface area (TPSA) is 83.6 Å². The molecule has 1 aliphatic carbocycles. The molecule has 0 unspecified atom stereocenters. The maximum atomic E-state index is 13.6. The van der Waals surface area contributed by atoms with Gasteiger partial charge in [0.2, 0.25) is 5.91 Å². The van der Waals surface area contributed by atoms with Crippen molar-refractivity contribution in [3.8, 4) is 0 Å². The van der Waals surface area contributed by atoms with Gasteiger partial charge in [0.1, 0.15) is 0 Å². The summed E-state index contributed by atoms with van der Waals surface area (Å²) in [5.41, 5.74) is 1.55. The highest BCUT2D eigenvalue weighted by Gasteiger charge is 2.53. The summed E-state index contributed by atoms with van der Waals surface area (Å²) >= 11 is 0. The highest BCUT2D eigenvalue weighted by Crippen LogP contribution is 2.44. The minimum absolute atomic E-state index is 0.0626. The number of hydrogen-bond donors (Lipinski definition) is 1. The zero-order chi connectivity index (χ0) is 22.3. The first kappa shape index (κ1) is 21.2. The summed E-state index contributed by atoms with van der Waals surface area (Å²) in [5.74, 6) is 1.27. The van der Waals surface area contributed by atoms with Crippen molar-refractivity contribution in [3.63, 3.8) is 0 Å². The molecule has 32 heavy (non-hydrogen) atoms. The van der Waals surface area contributed by atoms with E-state index in [1.165, 1.54) is 12.8 Å². The molecular formula is C24H33N5O3. The predicted octanol–water partition coefficient (Wildman–Crippen LogP) is 2.20. The van der Waals surface area contributed by atoms with E-state index in [0.717, 1.165) is 50.1 Å². The number of hydrogen-bond acceptors (Lipinski definition) is 5. The number of likely N-dealkylation sites (tertiary alicyclic amines) is 2. The van der Waals surface area contributed by atoms with Crippen LogP contribution in [0.3, 0.4) is 0 Å². The maximum absolute atomic E-state index is 13.6. The second-order valence-corrected chi connectivity index (χ2v) is 9.99. The van der Waals surface area contributed by atoms with Gasteiger partial charge < -0.3 is 14.6 Å². The Kier molecular flexibility index (Phi) is 5.57. The molecule has 4 heterocycles. The van der Waals surface area contributed by atoms with Gasteiger partial charge in [0.05, 0.1) is 17.9 Å². The summed E-state index contributed by atoms with van der Waals surface area (Å²) < 4.78 is 7.30. The number of carbonyl (C=O) groups is 2. The molecule has 172 valence electrons. The Balaban J connectivity index is 1.37. The van der Waals surface area contributed by atoms with Crippen LogP contribution in [0.5, 0.6) is 0 Å². The molecule has 2 aromatic heterocycles. The Morgan fingerprint density at radius 1 is 1.31 bits per heavy atom. The van der Waals surface area contributed by atoms with Crippen LogP contribution in [0, 0.1) is 24.2 Å². The highest BCUT2D eigenvalue weighted by atomic mass is 16.3. The smallest absolute Gasteiger partial charge is 0.289 e. The van der Waals surface area contributed by atoms with E-state index in [1.54, 1.807) is 6.26 Å². The molecule has 8 nitrogen and oxygen atoms in total. The molecule has 2 aromatic rings. The van der Waals surface area contributed by atoms with Crippen LogP contribution in [0.2, 0.25) is 0 Å². The molecule has 0 bridgehead atoms. The van der Waals surface area contributed by atoms with E-state index in [4.69, 9.17) is 4.42 Å². The van der Waals surface area contributed by atoms with Crippen molar-refractivity contribution >= 4 is 11.8 Å². The lowest BCUT2D eigenvalue weighted by Gasteiger charge is -2.32. The third-order valence-corrected chi connectivity index (χ3v) is 7.47. The van der Waals surface area contributed by atoms with E-state index in [-0.39, 0.29) is 17.7 Å². The molecule has 2 atom stereocenters. The third kappa shape index (κ3) is 4.08. The minimum atomic E-state index is -0.454. The lowest BCUT2D eigenvalue weighted by Crippen LogP contribution is -2.48. The molecule has 8 heteroatoms. The molecule has 0 radical (unpaired) electrons. The molecule has 2 aliphatic heterocycles. The van der Waals surface area contributed by atoms with Gasteiger partial charge in [-0.15, -0.1) is 0 Å². The summed E-state index contributed by atoms with van der Waals surface area (Å²) in [4.78, 5) is 31.0. The monoisotopic (exact) mass is 439 g/mol. The SMILES string of the molecule is Cc1ccoc1C(=O)N1CCC[C@@]2(C(=O)NCC3CC3)CN(Cc3cnn(C)c3)C[C@H]2C1. The molecule has 1 saturated carbocycles. The molecule has 5 rings (SSSR count). The number of nitrogens with zero attached hydrogens (tertiary/aromatic N) is 4. The van der Waals surface area contributed by atoms with E-state index in [1.807, 2.05) is 42.0 Å². The summed E-state index contributed by atoms with van der Waals surface area (Å²) in [7, 11) is 1.92. The van der Waals surface area contributed by atoms with E-state index in [2.05, 4.69) is 15.3 Å². The zero-order valence-corrected chi connectivity index (χ0v) is 19.0. The van der Waals surface area contributed by atoms with E-state index >= 15 is 0 Å². The standard InChI is InChI=1S/C24H33N5O3/c1-17-6-9-32-21(17)22(30)29-8-3-7-24(23(31)25-10-18-4-5-18)16-28(14-20(24)15-29)13-19-11-26-27(2)12-19/h6,9,11-12,18,20H,3-5,7-8,10,13-16H2,1-2H3,(H,25,31)/t20-,24+/m0/s1. The zero-order valence-electron chi connectivity index (χ0n) is 19.0. The third-order valence-electron chi connectivity index (χ3n) is 7.47. The van der Waals surface area contributed by atoms with Crippen molar-refractivity contribution in [1.29, 1.82) is 0 Å². The van der Waals surface area contributed by atoms with Gasteiger partial charge >= 0.3 is 0 Å². The van der Waals surface area contributed by atoms with Gasteiger partial charge in [-0.2, -0.15) is 5.10 Å². The molecule has 2 amide bonds. The van der Waals surface area contributed by atoms with E-state index in [9.17, 15) is 9.59 Å². The minimum Gasteiger partial charge on any atom is -0.459 e. The Hall–Kier alpha value is -2.61. The van der Waals surface area contributed by atoms with Crippen molar-refractivity contribution in [2.75, 3.05) is 32.7 Å². The van der Waals surface area contributed by atoms with Crippen molar-refractivity contribution in [2.45, 2.75) is 39.2 Å². The van der Waals surface area contributed by atoms with Crippen LogP contribution < -0.4 is 5.32 Å². The molecule has 2 saturated heterocycles. The maximum Gasteiger partial charge on any atom is 0.289 e. The number of carbonyl (C=O) groups excluding carboxylic acids is 2.